The van der Waals surface area contributed by atoms with Crippen LogP contribution < -0.4 is 5.32 Å². The third-order valence-electron chi connectivity index (χ3n) is 2.99. The topological polar surface area (TPSA) is 12.0 Å². The van der Waals surface area contributed by atoms with Crippen LogP contribution >= 0.6 is 22.6 Å². The van der Waals surface area contributed by atoms with Gasteiger partial charge in [-0.3, -0.25) is 0 Å². The van der Waals surface area contributed by atoms with E-state index < -0.39 is 0 Å². The van der Waals surface area contributed by atoms with Crippen LogP contribution in [0.1, 0.15) is 26.2 Å². The predicted molar refractivity (Wildman–Crippen MR) is 69.5 cm³/mol. The minimum atomic E-state index is -0.162. The number of benzene rings is 1. The van der Waals surface area contributed by atoms with Crippen molar-refractivity contribution in [3.63, 3.8) is 0 Å². The molecule has 1 aliphatic rings. The molecule has 82 valence electrons. The lowest BCUT2D eigenvalue weighted by molar-refractivity contribution is 0.602. The average molecular weight is 319 g/mol. The molecule has 1 aliphatic carbocycles. The van der Waals surface area contributed by atoms with Crippen molar-refractivity contribution >= 4 is 28.3 Å². The fourth-order valence-corrected chi connectivity index (χ4v) is 2.80. The molecule has 0 saturated heterocycles. The summed E-state index contributed by atoms with van der Waals surface area (Å²) in [5, 5.41) is 3.49. The van der Waals surface area contributed by atoms with E-state index in [1.54, 1.807) is 6.07 Å². The molecule has 0 aromatic heterocycles. The van der Waals surface area contributed by atoms with Gasteiger partial charge in [-0.05, 0) is 66.0 Å². The molecule has 0 spiro atoms. The predicted octanol–water partition coefficient (Wildman–Crippen LogP) is 4.03. The summed E-state index contributed by atoms with van der Waals surface area (Å²) in [6.45, 7) is 2.29. The summed E-state index contributed by atoms with van der Waals surface area (Å²) in [5.74, 6) is 0.658. The van der Waals surface area contributed by atoms with Crippen molar-refractivity contribution in [2.75, 3.05) is 5.32 Å². The molecule has 0 amide bonds. The van der Waals surface area contributed by atoms with E-state index in [0.29, 0.717) is 6.04 Å². The Hall–Kier alpha value is -0.320. The first-order chi connectivity index (χ1) is 7.15. The molecule has 1 fully saturated rings. The lowest BCUT2D eigenvalue weighted by Crippen LogP contribution is -2.16. The minimum Gasteiger partial charge on any atom is -0.381 e. The van der Waals surface area contributed by atoms with Gasteiger partial charge in [0.25, 0.3) is 0 Å². The summed E-state index contributed by atoms with van der Waals surface area (Å²) < 4.78 is 13.9. The zero-order valence-corrected chi connectivity index (χ0v) is 10.9. The second-order valence-electron chi connectivity index (χ2n) is 4.38. The normalized spacial score (nSPS) is 25.5. The summed E-state index contributed by atoms with van der Waals surface area (Å²) in [6.07, 6.45) is 3.76. The number of hydrogen-bond acceptors (Lipinski definition) is 1. The Balaban J connectivity index is 2.04. The Labute approximate surface area is 104 Å². The van der Waals surface area contributed by atoms with Crippen LogP contribution in [0.3, 0.4) is 0 Å². The van der Waals surface area contributed by atoms with Crippen LogP contribution in [-0.2, 0) is 0 Å². The van der Waals surface area contributed by atoms with E-state index in [0.717, 1.165) is 15.2 Å². The Morgan fingerprint density at radius 3 is 2.80 bits per heavy atom. The van der Waals surface area contributed by atoms with Crippen molar-refractivity contribution in [2.45, 2.75) is 32.2 Å². The summed E-state index contributed by atoms with van der Waals surface area (Å²) in [6, 6.07) is 5.49. The Morgan fingerprint density at radius 2 is 2.20 bits per heavy atom. The standard InChI is InChI=1S/C12H15FIN/c1-8-2-4-10(6-8)15-12-5-3-9(13)7-11(12)14/h3,5,7-8,10,15H,2,4,6H2,1H3. The van der Waals surface area contributed by atoms with Crippen LogP contribution in [0.2, 0.25) is 0 Å². The van der Waals surface area contributed by atoms with E-state index in [1.165, 1.54) is 25.3 Å². The fourth-order valence-electron chi connectivity index (χ4n) is 2.16. The molecule has 1 saturated carbocycles. The van der Waals surface area contributed by atoms with Gasteiger partial charge < -0.3 is 5.32 Å². The molecule has 1 nitrogen and oxygen atoms in total. The van der Waals surface area contributed by atoms with Crippen LogP contribution in [0.25, 0.3) is 0 Å². The van der Waals surface area contributed by atoms with Gasteiger partial charge in [-0.15, -0.1) is 0 Å². The van der Waals surface area contributed by atoms with Gasteiger partial charge in [0.2, 0.25) is 0 Å². The van der Waals surface area contributed by atoms with Crippen molar-refractivity contribution in [3.8, 4) is 0 Å². The molecule has 0 radical (unpaired) electrons. The van der Waals surface area contributed by atoms with E-state index in [-0.39, 0.29) is 5.82 Å². The van der Waals surface area contributed by atoms with Crippen LogP contribution in [0.5, 0.6) is 0 Å². The van der Waals surface area contributed by atoms with Gasteiger partial charge in [0, 0.05) is 15.3 Å². The van der Waals surface area contributed by atoms with Gasteiger partial charge in [-0.1, -0.05) is 6.92 Å². The summed E-state index contributed by atoms with van der Waals surface area (Å²) >= 11 is 2.18. The molecule has 0 bridgehead atoms. The largest absolute Gasteiger partial charge is 0.381 e. The van der Waals surface area contributed by atoms with Crippen LogP contribution in [-0.4, -0.2) is 6.04 Å². The van der Waals surface area contributed by atoms with E-state index in [9.17, 15) is 4.39 Å². The smallest absolute Gasteiger partial charge is 0.124 e. The lowest BCUT2D eigenvalue weighted by Gasteiger charge is -2.15. The monoisotopic (exact) mass is 319 g/mol. The first-order valence-electron chi connectivity index (χ1n) is 5.37. The minimum absolute atomic E-state index is 0.162. The maximum Gasteiger partial charge on any atom is 0.124 e. The zero-order chi connectivity index (χ0) is 10.8. The molecule has 2 atom stereocenters. The number of anilines is 1. The Bertz CT molecular complexity index is 353. The highest BCUT2D eigenvalue weighted by atomic mass is 127. The maximum absolute atomic E-state index is 12.9. The summed E-state index contributed by atoms with van der Waals surface area (Å²) in [4.78, 5) is 0. The average Bonchev–Trinajstić information content (AvgIpc) is 2.56. The third kappa shape index (κ3) is 2.83. The van der Waals surface area contributed by atoms with Gasteiger partial charge in [-0.25, -0.2) is 4.39 Å². The first-order valence-corrected chi connectivity index (χ1v) is 6.44. The van der Waals surface area contributed by atoms with Crippen molar-refractivity contribution in [1.82, 2.24) is 0 Å². The van der Waals surface area contributed by atoms with E-state index in [1.807, 2.05) is 6.07 Å². The quantitative estimate of drug-likeness (QED) is 0.812. The number of nitrogens with one attached hydrogen (secondary N) is 1. The summed E-state index contributed by atoms with van der Waals surface area (Å²) in [7, 11) is 0. The van der Waals surface area contributed by atoms with Crippen LogP contribution in [0.15, 0.2) is 18.2 Å². The second-order valence-corrected chi connectivity index (χ2v) is 5.55. The van der Waals surface area contributed by atoms with Crippen LogP contribution in [0.4, 0.5) is 10.1 Å². The number of rotatable bonds is 2. The Kier molecular flexibility index (Phi) is 3.49. The third-order valence-corrected chi connectivity index (χ3v) is 3.88. The summed E-state index contributed by atoms with van der Waals surface area (Å²) in [5.41, 5.74) is 1.07. The SMILES string of the molecule is CC1CCC(Nc2ccc(F)cc2I)C1. The van der Waals surface area contributed by atoms with E-state index in [4.69, 9.17) is 0 Å². The van der Waals surface area contributed by atoms with Gasteiger partial charge in [0.05, 0.1) is 0 Å². The molecule has 0 aliphatic heterocycles. The lowest BCUT2D eigenvalue weighted by atomic mass is 10.1. The molecule has 15 heavy (non-hydrogen) atoms. The van der Waals surface area contributed by atoms with Gasteiger partial charge in [0.15, 0.2) is 0 Å². The van der Waals surface area contributed by atoms with Crippen molar-refractivity contribution in [2.24, 2.45) is 5.92 Å². The molecular formula is C12H15FIN. The molecule has 2 rings (SSSR count). The number of halogens is 2. The molecule has 1 aromatic carbocycles. The Morgan fingerprint density at radius 1 is 1.40 bits per heavy atom. The fraction of sp³-hybridized carbons (Fsp3) is 0.500. The molecule has 3 heteroatoms. The number of hydrogen-bond donors (Lipinski definition) is 1. The molecular weight excluding hydrogens is 304 g/mol. The maximum atomic E-state index is 12.9. The highest BCUT2D eigenvalue weighted by Crippen LogP contribution is 2.29. The molecule has 0 heterocycles. The van der Waals surface area contributed by atoms with Gasteiger partial charge >= 0.3 is 0 Å². The van der Waals surface area contributed by atoms with Gasteiger partial charge in [-0.2, -0.15) is 0 Å². The molecule has 1 aromatic rings. The van der Waals surface area contributed by atoms with Crippen molar-refractivity contribution in [1.29, 1.82) is 0 Å². The molecule has 1 N–H and O–H groups in total. The van der Waals surface area contributed by atoms with E-state index >= 15 is 0 Å². The zero-order valence-electron chi connectivity index (χ0n) is 8.76. The van der Waals surface area contributed by atoms with Gasteiger partial charge in [0.1, 0.15) is 5.82 Å². The van der Waals surface area contributed by atoms with Crippen molar-refractivity contribution < 1.29 is 4.39 Å². The second kappa shape index (κ2) is 4.68. The molecule has 2 unspecified atom stereocenters. The highest BCUT2D eigenvalue weighted by Gasteiger charge is 2.21. The highest BCUT2D eigenvalue weighted by molar-refractivity contribution is 14.1. The van der Waals surface area contributed by atoms with E-state index in [2.05, 4.69) is 34.8 Å². The van der Waals surface area contributed by atoms with Crippen LogP contribution in [0, 0.1) is 15.3 Å². The van der Waals surface area contributed by atoms with Crippen molar-refractivity contribution in [3.05, 3.63) is 27.6 Å². The first kappa shape index (κ1) is 11.2.